The van der Waals surface area contributed by atoms with Gasteiger partial charge in [-0.25, -0.2) is 0 Å². The van der Waals surface area contributed by atoms with Crippen molar-refractivity contribution in [3.05, 3.63) is 70.8 Å². The van der Waals surface area contributed by atoms with Gasteiger partial charge in [0, 0.05) is 23.7 Å². The van der Waals surface area contributed by atoms with Gasteiger partial charge < -0.3 is 14.2 Å². The Balaban J connectivity index is 1.44. The molecule has 0 aromatic heterocycles. The van der Waals surface area contributed by atoms with Crippen molar-refractivity contribution < 1.29 is 40.6 Å². The lowest BCUT2D eigenvalue weighted by molar-refractivity contribution is -0.339. The first-order valence-electron chi connectivity index (χ1n) is 10.9. The standard InChI is InChI=1S/C24H16F6O3/c25-23(26,27)21-13-14(18-10-6-2-1-5-9(10)17(13)31-18)22(33-21,24(28,29)30)16-15(21)19-11-7-3-4-8-12(11)20(16)32-19/h1-8,13-20H. The molecular weight excluding hydrogens is 450 g/mol. The van der Waals surface area contributed by atoms with Crippen LogP contribution in [0.25, 0.3) is 0 Å². The second-order valence-corrected chi connectivity index (χ2v) is 10.00. The molecule has 0 radical (unpaired) electrons. The molecule has 0 saturated carbocycles. The fourth-order valence-electron chi connectivity index (χ4n) is 8.37. The quantitative estimate of drug-likeness (QED) is 0.463. The molecule has 8 rings (SSSR count). The fourth-order valence-corrected chi connectivity index (χ4v) is 8.37. The molecule has 0 spiro atoms. The number of fused-ring (bicyclic) bond motifs is 22. The van der Waals surface area contributed by atoms with Crippen molar-refractivity contribution in [1.82, 2.24) is 0 Å². The first kappa shape index (κ1) is 19.2. The van der Waals surface area contributed by atoms with E-state index in [0.29, 0.717) is 22.3 Å². The molecule has 6 heterocycles. The molecule has 0 aliphatic carbocycles. The van der Waals surface area contributed by atoms with Crippen molar-refractivity contribution in [3.63, 3.8) is 0 Å². The van der Waals surface area contributed by atoms with Gasteiger partial charge in [0.15, 0.2) is 11.2 Å². The maximum absolute atomic E-state index is 15.1. The second kappa shape index (κ2) is 5.26. The van der Waals surface area contributed by atoms with Gasteiger partial charge in [-0.1, -0.05) is 48.5 Å². The molecule has 8 unspecified atom stereocenters. The molecule has 8 atom stereocenters. The highest BCUT2D eigenvalue weighted by Gasteiger charge is 2.96. The van der Waals surface area contributed by atoms with E-state index in [1.54, 1.807) is 48.5 Å². The number of alkyl halides is 6. The molecule has 6 aliphatic heterocycles. The summed E-state index contributed by atoms with van der Waals surface area (Å²) in [6.07, 6.45) is -14.5. The van der Waals surface area contributed by atoms with Crippen molar-refractivity contribution in [2.24, 2.45) is 23.7 Å². The van der Waals surface area contributed by atoms with Crippen molar-refractivity contribution in [2.75, 3.05) is 0 Å². The smallest absolute Gasteiger partial charge is 0.365 e. The highest BCUT2D eigenvalue weighted by Crippen LogP contribution is 2.85. The van der Waals surface area contributed by atoms with Crippen LogP contribution in [0.5, 0.6) is 0 Å². The van der Waals surface area contributed by atoms with E-state index in [0.717, 1.165) is 0 Å². The molecule has 4 saturated heterocycles. The van der Waals surface area contributed by atoms with Crippen LogP contribution in [-0.4, -0.2) is 23.6 Å². The summed E-state index contributed by atoms with van der Waals surface area (Å²) in [5.41, 5.74) is -3.89. The summed E-state index contributed by atoms with van der Waals surface area (Å²) >= 11 is 0. The van der Waals surface area contributed by atoms with Gasteiger partial charge in [0.05, 0.1) is 24.4 Å². The monoisotopic (exact) mass is 466 g/mol. The Morgan fingerprint density at radius 2 is 0.788 bits per heavy atom. The molecule has 0 amide bonds. The highest BCUT2D eigenvalue weighted by molar-refractivity contribution is 5.50. The van der Waals surface area contributed by atoms with Crippen LogP contribution >= 0.6 is 0 Å². The fraction of sp³-hybridized carbons (Fsp3) is 0.500. The number of ether oxygens (including phenoxy) is 3. The molecule has 6 aliphatic rings. The van der Waals surface area contributed by atoms with Crippen molar-refractivity contribution in [1.29, 1.82) is 0 Å². The molecule has 33 heavy (non-hydrogen) atoms. The Morgan fingerprint density at radius 1 is 0.515 bits per heavy atom. The van der Waals surface area contributed by atoms with Gasteiger partial charge in [-0.3, -0.25) is 0 Å². The van der Waals surface area contributed by atoms with Crippen LogP contribution in [0.3, 0.4) is 0 Å². The lowest BCUT2D eigenvalue weighted by Crippen LogP contribution is -2.62. The largest absolute Gasteiger partial charge is 0.418 e. The molecule has 172 valence electrons. The van der Waals surface area contributed by atoms with Crippen LogP contribution in [0.2, 0.25) is 0 Å². The van der Waals surface area contributed by atoms with E-state index < -0.39 is 71.6 Å². The van der Waals surface area contributed by atoms with Crippen LogP contribution in [-0.2, 0) is 14.2 Å². The van der Waals surface area contributed by atoms with Gasteiger partial charge in [-0.15, -0.1) is 0 Å². The Bertz CT molecular complexity index is 1060. The van der Waals surface area contributed by atoms with Gasteiger partial charge >= 0.3 is 12.4 Å². The summed E-state index contributed by atoms with van der Waals surface area (Å²) in [4.78, 5) is 0. The number of hydrogen-bond donors (Lipinski definition) is 0. The van der Waals surface area contributed by atoms with Crippen LogP contribution < -0.4 is 0 Å². The van der Waals surface area contributed by atoms with Gasteiger partial charge in [0.25, 0.3) is 0 Å². The third-order valence-electron chi connectivity index (χ3n) is 9.09. The summed E-state index contributed by atoms with van der Waals surface area (Å²) in [7, 11) is 0. The van der Waals surface area contributed by atoms with Gasteiger partial charge in [0.2, 0.25) is 0 Å². The van der Waals surface area contributed by atoms with Gasteiger partial charge in [-0.2, -0.15) is 26.3 Å². The number of rotatable bonds is 0. The molecule has 6 bridgehead atoms. The molecule has 2 aromatic carbocycles. The minimum atomic E-state index is -5.03. The lowest BCUT2D eigenvalue weighted by Gasteiger charge is -2.49. The topological polar surface area (TPSA) is 27.7 Å². The van der Waals surface area contributed by atoms with Crippen LogP contribution in [0.15, 0.2) is 48.5 Å². The van der Waals surface area contributed by atoms with E-state index in [1.807, 2.05) is 0 Å². The number of hydrogen-bond acceptors (Lipinski definition) is 3. The van der Waals surface area contributed by atoms with Gasteiger partial charge in [0.1, 0.15) is 0 Å². The van der Waals surface area contributed by atoms with Crippen molar-refractivity contribution in [2.45, 2.75) is 48.0 Å². The SMILES string of the molecule is FC(F)(F)C12OC(C(F)(F)F)(C3C4OC(c5ccccc54)C31)C1C3OC(c4ccccc43)C12. The molecular formula is C24H16F6O3. The summed E-state index contributed by atoms with van der Waals surface area (Å²) in [5, 5.41) is 0. The maximum atomic E-state index is 15.1. The van der Waals surface area contributed by atoms with E-state index in [2.05, 4.69) is 0 Å². The Morgan fingerprint density at radius 3 is 1.03 bits per heavy atom. The van der Waals surface area contributed by atoms with E-state index in [-0.39, 0.29) is 0 Å². The zero-order valence-corrected chi connectivity index (χ0v) is 16.7. The average Bonchev–Trinajstić information content (AvgIpc) is 3.57. The first-order valence-corrected chi connectivity index (χ1v) is 10.9. The number of benzene rings is 2. The summed E-state index contributed by atoms with van der Waals surface area (Å²) in [6, 6.07) is 13.3. The van der Waals surface area contributed by atoms with Crippen LogP contribution in [0.4, 0.5) is 26.3 Å². The highest BCUT2D eigenvalue weighted by atomic mass is 19.4. The third-order valence-corrected chi connectivity index (χ3v) is 9.09. The molecule has 3 nitrogen and oxygen atoms in total. The van der Waals surface area contributed by atoms with E-state index in [9.17, 15) is 0 Å². The molecule has 4 fully saturated rings. The Labute approximate surface area is 183 Å². The molecule has 9 heteroatoms. The van der Waals surface area contributed by atoms with Crippen LogP contribution in [0.1, 0.15) is 46.7 Å². The van der Waals surface area contributed by atoms with E-state index in [1.165, 1.54) is 0 Å². The maximum Gasteiger partial charge on any atom is 0.418 e. The summed E-state index contributed by atoms with van der Waals surface area (Å²) < 4.78 is 108. The third kappa shape index (κ3) is 1.73. The van der Waals surface area contributed by atoms with Gasteiger partial charge in [-0.05, 0) is 22.3 Å². The zero-order valence-electron chi connectivity index (χ0n) is 16.7. The summed E-state index contributed by atoms with van der Waals surface area (Å²) in [6.45, 7) is 0. The second-order valence-electron chi connectivity index (χ2n) is 10.00. The van der Waals surface area contributed by atoms with E-state index in [4.69, 9.17) is 14.2 Å². The minimum absolute atomic E-state index is 0.530. The average molecular weight is 466 g/mol. The normalized spacial score (nSPS) is 47.6. The Hall–Kier alpha value is -2.10. The van der Waals surface area contributed by atoms with Crippen LogP contribution in [0, 0.1) is 23.7 Å². The van der Waals surface area contributed by atoms with Crippen molar-refractivity contribution in [3.8, 4) is 0 Å². The predicted octanol–water partition coefficient (Wildman–Crippen LogP) is 5.75. The Kier molecular flexibility index (Phi) is 3.07. The minimum Gasteiger partial charge on any atom is -0.365 e. The van der Waals surface area contributed by atoms with Crippen molar-refractivity contribution >= 4 is 0 Å². The zero-order chi connectivity index (χ0) is 22.7. The lowest BCUT2D eigenvalue weighted by atomic mass is 9.49. The first-order chi connectivity index (χ1) is 15.6. The van der Waals surface area contributed by atoms with E-state index >= 15 is 26.3 Å². The molecule has 0 N–H and O–H groups in total. The summed E-state index contributed by atoms with van der Waals surface area (Å²) in [5.74, 6) is -5.96. The molecule has 2 aromatic rings. The number of halogens is 6. The predicted molar refractivity (Wildman–Crippen MR) is 98.6 cm³/mol.